The summed E-state index contributed by atoms with van der Waals surface area (Å²) in [4.78, 5) is 24.8. The minimum atomic E-state index is -0.544. The molecule has 0 atom stereocenters. The zero-order valence-corrected chi connectivity index (χ0v) is 12.9. The van der Waals surface area contributed by atoms with E-state index < -0.39 is 11.8 Å². The standard InChI is InChI=1S/C18H19NO4/c1-2-3-10-23-18(22)14-7-5-4-6-13(14)17(21)15-9-8-12(19)11-16(15)20/h4-9,11,20H,2-3,10,19H2,1H3. The molecule has 0 heterocycles. The van der Waals surface area contributed by atoms with Crippen LogP contribution in [0.15, 0.2) is 42.5 Å². The van der Waals surface area contributed by atoms with Crippen LogP contribution in [0.4, 0.5) is 5.69 Å². The smallest absolute Gasteiger partial charge is 0.338 e. The Bertz CT molecular complexity index is 725. The summed E-state index contributed by atoms with van der Waals surface area (Å²) in [7, 11) is 0. The van der Waals surface area contributed by atoms with Crippen molar-refractivity contribution in [2.45, 2.75) is 19.8 Å². The molecular weight excluding hydrogens is 294 g/mol. The molecule has 0 fully saturated rings. The van der Waals surface area contributed by atoms with Crippen molar-refractivity contribution in [3.05, 3.63) is 59.2 Å². The normalized spacial score (nSPS) is 10.3. The fourth-order valence-electron chi connectivity index (χ4n) is 2.13. The van der Waals surface area contributed by atoms with Crippen molar-refractivity contribution in [2.75, 3.05) is 12.3 Å². The number of rotatable bonds is 6. The second-order valence-electron chi connectivity index (χ2n) is 5.14. The number of carbonyl (C=O) groups excluding carboxylic acids is 2. The Hall–Kier alpha value is -2.82. The highest BCUT2D eigenvalue weighted by molar-refractivity contribution is 6.15. The van der Waals surface area contributed by atoms with E-state index in [1.54, 1.807) is 12.1 Å². The van der Waals surface area contributed by atoms with Gasteiger partial charge in [0.2, 0.25) is 0 Å². The van der Waals surface area contributed by atoms with Gasteiger partial charge in [-0.1, -0.05) is 31.5 Å². The Morgan fingerprint density at radius 1 is 1.09 bits per heavy atom. The first-order valence-corrected chi connectivity index (χ1v) is 7.44. The van der Waals surface area contributed by atoms with Gasteiger partial charge >= 0.3 is 5.97 Å². The van der Waals surface area contributed by atoms with Crippen molar-refractivity contribution in [3.8, 4) is 5.75 Å². The molecule has 3 N–H and O–H groups in total. The first-order chi connectivity index (χ1) is 11.0. The summed E-state index contributed by atoms with van der Waals surface area (Å²) in [6, 6.07) is 10.7. The lowest BCUT2D eigenvalue weighted by Crippen LogP contribution is -2.13. The van der Waals surface area contributed by atoms with Crippen LogP contribution in [0.2, 0.25) is 0 Å². The lowest BCUT2D eigenvalue weighted by molar-refractivity contribution is 0.0497. The maximum absolute atomic E-state index is 12.6. The van der Waals surface area contributed by atoms with Gasteiger partial charge in [0, 0.05) is 17.3 Å². The number of phenols is 1. The maximum Gasteiger partial charge on any atom is 0.338 e. The first kappa shape index (κ1) is 16.5. The van der Waals surface area contributed by atoms with Gasteiger partial charge < -0.3 is 15.6 Å². The average molecular weight is 313 g/mol. The van der Waals surface area contributed by atoms with Gasteiger partial charge in [-0.05, 0) is 24.6 Å². The van der Waals surface area contributed by atoms with Gasteiger partial charge in [0.05, 0.1) is 17.7 Å². The zero-order valence-electron chi connectivity index (χ0n) is 12.9. The molecular formula is C18H19NO4. The SMILES string of the molecule is CCCCOC(=O)c1ccccc1C(=O)c1ccc(N)cc1O. The van der Waals surface area contributed by atoms with Crippen LogP contribution >= 0.6 is 0 Å². The second-order valence-corrected chi connectivity index (χ2v) is 5.14. The summed E-state index contributed by atoms with van der Waals surface area (Å²) in [5.74, 6) is -1.22. The van der Waals surface area contributed by atoms with E-state index in [9.17, 15) is 14.7 Å². The van der Waals surface area contributed by atoms with Crippen molar-refractivity contribution in [2.24, 2.45) is 0 Å². The predicted molar refractivity (Wildman–Crippen MR) is 87.6 cm³/mol. The van der Waals surface area contributed by atoms with E-state index in [0.717, 1.165) is 12.8 Å². The number of hydrogen-bond acceptors (Lipinski definition) is 5. The molecule has 0 aliphatic rings. The van der Waals surface area contributed by atoms with E-state index in [0.29, 0.717) is 12.3 Å². The largest absolute Gasteiger partial charge is 0.507 e. The quantitative estimate of drug-likeness (QED) is 0.370. The number of esters is 1. The third kappa shape index (κ3) is 3.88. The molecule has 0 aliphatic carbocycles. The topological polar surface area (TPSA) is 89.6 Å². The summed E-state index contributed by atoms with van der Waals surface area (Å²) in [5, 5.41) is 9.91. The summed E-state index contributed by atoms with van der Waals surface area (Å²) in [5.41, 5.74) is 6.38. The lowest BCUT2D eigenvalue weighted by Gasteiger charge is -2.10. The highest BCUT2D eigenvalue weighted by Gasteiger charge is 2.21. The van der Waals surface area contributed by atoms with Crippen LogP contribution in [0, 0.1) is 0 Å². The lowest BCUT2D eigenvalue weighted by atomic mass is 9.97. The second kappa shape index (κ2) is 7.45. The summed E-state index contributed by atoms with van der Waals surface area (Å²) in [6.45, 7) is 2.31. The number of unbranched alkanes of at least 4 members (excludes halogenated alkanes) is 1. The number of aromatic hydroxyl groups is 1. The van der Waals surface area contributed by atoms with Crippen molar-refractivity contribution in [3.63, 3.8) is 0 Å². The van der Waals surface area contributed by atoms with E-state index in [-0.39, 0.29) is 22.4 Å². The molecule has 0 saturated heterocycles. The van der Waals surface area contributed by atoms with Crippen LogP contribution in [0.5, 0.6) is 5.75 Å². The van der Waals surface area contributed by atoms with E-state index in [2.05, 4.69) is 0 Å². The monoisotopic (exact) mass is 313 g/mol. The van der Waals surface area contributed by atoms with Gasteiger partial charge in [0.15, 0.2) is 5.78 Å². The molecule has 0 saturated carbocycles. The molecule has 5 heteroatoms. The Balaban J connectivity index is 2.32. The highest BCUT2D eigenvalue weighted by Crippen LogP contribution is 2.24. The predicted octanol–water partition coefficient (Wildman–Crippen LogP) is 3.16. The molecule has 0 spiro atoms. The molecule has 0 radical (unpaired) electrons. The number of ketones is 1. The number of anilines is 1. The average Bonchev–Trinajstić information content (AvgIpc) is 2.54. The molecule has 2 aromatic carbocycles. The van der Waals surface area contributed by atoms with Crippen LogP contribution in [-0.4, -0.2) is 23.5 Å². The molecule has 5 nitrogen and oxygen atoms in total. The highest BCUT2D eigenvalue weighted by atomic mass is 16.5. The zero-order chi connectivity index (χ0) is 16.8. The van der Waals surface area contributed by atoms with E-state index >= 15 is 0 Å². The summed E-state index contributed by atoms with van der Waals surface area (Å²) < 4.78 is 5.17. The molecule has 0 aromatic heterocycles. The third-order valence-electron chi connectivity index (χ3n) is 3.39. The van der Waals surface area contributed by atoms with Gasteiger partial charge in [-0.2, -0.15) is 0 Å². The van der Waals surface area contributed by atoms with Gasteiger partial charge in [-0.25, -0.2) is 4.79 Å². The number of phenolic OH excluding ortho intramolecular Hbond substituents is 1. The molecule has 2 rings (SSSR count). The van der Waals surface area contributed by atoms with Gasteiger partial charge in [-0.15, -0.1) is 0 Å². The number of nitrogens with two attached hydrogens (primary N) is 1. The van der Waals surface area contributed by atoms with E-state index in [4.69, 9.17) is 10.5 Å². The Morgan fingerprint density at radius 2 is 1.78 bits per heavy atom. The molecule has 0 bridgehead atoms. The van der Waals surface area contributed by atoms with E-state index in [1.807, 2.05) is 6.92 Å². The van der Waals surface area contributed by atoms with Crippen molar-refractivity contribution in [1.29, 1.82) is 0 Å². The van der Waals surface area contributed by atoms with Crippen molar-refractivity contribution < 1.29 is 19.4 Å². The minimum Gasteiger partial charge on any atom is -0.507 e. The number of benzene rings is 2. The molecule has 0 unspecified atom stereocenters. The van der Waals surface area contributed by atoms with Gasteiger partial charge in [-0.3, -0.25) is 4.79 Å². The molecule has 2 aromatic rings. The van der Waals surface area contributed by atoms with Crippen LogP contribution in [0.3, 0.4) is 0 Å². The third-order valence-corrected chi connectivity index (χ3v) is 3.39. The van der Waals surface area contributed by atoms with Crippen LogP contribution in [0.1, 0.15) is 46.0 Å². The first-order valence-electron chi connectivity index (χ1n) is 7.44. The van der Waals surface area contributed by atoms with Crippen molar-refractivity contribution in [1.82, 2.24) is 0 Å². The molecule has 0 aliphatic heterocycles. The number of nitrogen functional groups attached to an aromatic ring is 1. The molecule has 23 heavy (non-hydrogen) atoms. The number of carbonyl (C=O) groups is 2. The summed E-state index contributed by atoms with van der Waals surface area (Å²) in [6.07, 6.45) is 1.67. The molecule has 0 amide bonds. The minimum absolute atomic E-state index is 0.0907. The van der Waals surface area contributed by atoms with Gasteiger partial charge in [0.25, 0.3) is 0 Å². The fraction of sp³-hybridized carbons (Fsp3) is 0.222. The number of hydrogen-bond donors (Lipinski definition) is 2. The Kier molecular flexibility index (Phi) is 5.36. The van der Waals surface area contributed by atoms with Crippen molar-refractivity contribution >= 4 is 17.4 Å². The summed E-state index contributed by atoms with van der Waals surface area (Å²) >= 11 is 0. The maximum atomic E-state index is 12.6. The van der Waals surface area contributed by atoms with E-state index in [1.165, 1.54) is 30.3 Å². The fourth-order valence-corrected chi connectivity index (χ4v) is 2.13. The van der Waals surface area contributed by atoms with Gasteiger partial charge in [0.1, 0.15) is 5.75 Å². The van der Waals surface area contributed by atoms with Crippen LogP contribution in [0.25, 0.3) is 0 Å². The number of ether oxygens (including phenoxy) is 1. The Morgan fingerprint density at radius 3 is 2.43 bits per heavy atom. The Labute approximate surface area is 134 Å². The van der Waals surface area contributed by atoms with Crippen LogP contribution < -0.4 is 5.73 Å². The molecule has 120 valence electrons. The van der Waals surface area contributed by atoms with Crippen LogP contribution in [-0.2, 0) is 4.74 Å².